The zero-order chi connectivity index (χ0) is 13.7. The molecular formula is C14H27N3O. The molecule has 4 heteroatoms. The molecule has 18 heavy (non-hydrogen) atoms. The van der Waals surface area contributed by atoms with Crippen molar-refractivity contribution in [2.75, 3.05) is 13.2 Å². The maximum atomic E-state index is 5.95. The second kappa shape index (κ2) is 6.90. The molecule has 0 aliphatic carbocycles. The largest absolute Gasteiger partial charge is 0.380 e. The molecule has 0 saturated carbocycles. The van der Waals surface area contributed by atoms with Crippen LogP contribution in [0, 0.1) is 19.8 Å². The van der Waals surface area contributed by atoms with Gasteiger partial charge < -0.3 is 10.5 Å². The van der Waals surface area contributed by atoms with E-state index in [1.165, 1.54) is 0 Å². The number of rotatable bonds is 7. The van der Waals surface area contributed by atoms with Crippen molar-refractivity contribution in [1.82, 2.24) is 9.78 Å². The predicted molar refractivity (Wildman–Crippen MR) is 74.6 cm³/mol. The molecule has 0 spiro atoms. The number of nitrogens with two attached hydrogens (primary N) is 1. The highest BCUT2D eigenvalue weighted by Crippen LogP contribution is 2.19. The summed E-state index contributed by atoms with van der Waals surface area (Å²) in [4.78, 5) is 0. The Morgan fingerprint density at radius 1 is 1.22 bits per heavy atom. The average Bonchev–Trinajstić information content (AvgIpc) is 2.53. The van der Waals surface area contributed by atoms with Gasteiger partial charge in [0.1, 0.15) is 0 Å². The van der Waals surface area contributed by atoms with Crippen molar-refractivity contribution in [3.63, 3.8) is 0 Å². The summed E-state index contributed by atoms with van der Waals surface area (Å²) in [6.07, 6.45) is 1.11. The van der Waals surface area contributed by atoms with Gasteiger partial charge in [0.05, 0.1) is 18.8 Å². The number of hydrogen-bond donors (Lipinski definition) is 1. The van der Waals surface area contributed by atoms with Crippen LogP contribution in [-0.2, 0) is 11.3 Å². The van der Waals surface area contributed by atoms with Crippen LogP contribution in [0.1, 0.15) is 50.2 Å². The zero-order valence-corrected chi connectivity index (χ0v) is 12.4. The fourth-order valence-corrected chi connectivity index (χ4v) is 2.16. The Labute approximate surface area is 111 Å². The molecule has 104 valence electrons. The van der Waals surface area contributed by atoms with E-state index in [0.29, 0.717) is 12.5 Å². The van der Waals surface area contributed by atoms with Crippen molar-refractivity contribution in [2.24, 2.45) is 11.7 Å². The van der Waals surface area contributed by atoms with Crippen LogP contribution in [0.25, 0.3) is 0 Å². The van der Waals surface area contributed by atoms with Gasteiger partial charge in [0.15, 0.2) is 0 Å². The standard InChI is InChI=1S/C14H27N3O/c1-10(2)6-8-18-9-7-17-13(5)14(11(3)15)12(4)16-17/h10-11H,6-9,15H2,1-5H3. The van der Waals surface area contributed by atoms with Crippen LogP contribution < -0.4 is 5.73 Å². The van der Waals surface area contributed by atoms with E-state index < -0.39 is 0 Å². The summed E-state index contributed by atoms with van der Waals surface area (Å²) >= 11 is 0. The van der Waals surface area contributed by atoms with E-state index in [1.54, 1.807) is 0 Å². The monoisotopic (exact) mass is 253 g/mol. The van der Waals surface area contributed by atoms with Crippen molar-refractivity contribution < 1.29 is 4.74 Å². The smallest absolute Gasteiger partial charge is 0.0662 e. The van der Waals surface area contributed by atoms with Crippen molar-refractivity contribution >= 4 is 0 Å². The van der Waals surface area contributed by atoms with Crippen molar-refractivity contribution in [1.29, 1.82) is 0 Å². The minimum Gasteiger partial charge on any atom is -0.380 e. The summed E-state index contributed by atoms with van der Waals surface area (Å²) in [5.74, 6) is 0.698. The number of aromatic nitrogens is 2. The van der Waals surface area contributed by atoms with E-state index in [9.17, 15) is 0 Å². The Balaban J connectivity index is 2.46. The molecule has 0 bridgehead atoms. The average molecular weight is 253 g/mol. The fourth-order valence-electron chi connectivity index (χ4n) is 2.16. The van der Waals surface area contributed by atoms with E-state index in [4.69, 9.17) is 10.5 Å². The summed E-state index contributed by atoms with van der Waals surface area (Å²) < 4.78 is 7.62. The molecule has 1 unspecified atom stereocenters. The molecule has 1 heterocycles. The lowest BCUT2D eigenvalue weighted by atomic mass is 10.1. The second-order valence-corrected chi connectivity index (χ2v) is 5.39. The Morgan fingerprint density at radius 2 is 1.89 bits per heavy atom. The Kier molecular flexibility index (Phi) is 5.82. The molecule has 4 nitrogen and oxygen atoms in total. The molecule has 1 rings (SSSR count). The van der Waals surface area contributed by atoms with Gasteiger partial charge in [-0.3, -0.25) is 4.68 Å². The van der Waals surface area contributed by atoms with Crippen molar-refractivity contribution in [2.45, 2.75) is 53.6 Å². The summed E-state index contributed by atoms with van der Waals surface area (Å²) in [5, 5.41) is 4.52. The highest BCUT2D eigenvalue weighted by molar-refractivity contribution is 5.27. The molecule has 0 fully saturated rings. The summed E-state index contributed by atoms with van der Waals surface area (Å²) in [6, 6.07) is 0.0422. The van der Waals surface area contributed by atoms with Crippen LogP contribution >= 0.6 is 0 Å². The Bertz CT molecular complexity index is 369. The lowest BCUT2D eigenvalue weighted by molar-refractivity contribution is 0.113. The van der Waals surface area contributed by atoms with Gasteiger partial charge in [-0.1, -0.05) is 13.8 Å². The third kappa shape index (κ3) is 4.10. The van der Waals surface area contributed by atoms with E-state index in [2.05, 4.69) is 25.9 Å². The minimum absolute atomic E-state index is 0.0422. The van der Waals surface area contributed by atoms with Gasteiger partial charge in [0.25, 0.3) is 0 Å². The molecule has 2 N–H and O–H groups in total. The third-order valence-electron chi connectivity index (χ3n) is 3.18. The zero-order valence-electron chi connectivity index (χ0n) is 12.4. The van der Waals surface area contributed by atoms with Crippen LogP contribution in [0.2, 0.25) is 0 Å². The molecule has 0 aliphatic heterocycles. The topological polar surface area (TPSA) is 53.1 Å². The lowest BCUT2D eigenvalue weighted by Gasteiger charge is -2.09. The third-order valence-corrected chi connectivity index (χ3v) is 3.18. The SMILES string of the molecule is Cc1nn(CCOCCC(C)C)c(C)c1C(C)N. The van der Waals surface area contributed by atoms with E-state index in [-0.39, 0.29) is 6.04 Å². The molecule has 1 atom stereocenters. The second-order valence-electron chi connectivity index (χ2n) is 5.39. The molecule has 0 radical (unpaired) electrons. The first-order chi connectivity index (χ1) is 8.43. The maximum Gasteiger partial charge on any atom is 0.0662 e. The van der Waals surface area contributed by atoms with Gasteiger partial charge in [0, 0.05) is 23.9 Å². The minimum atomic E-state index is 0.0422. The first-order valence-electron chi connectivity index (χ1n) is 6.80. The predicted octanol–water partition coefficient (Wildman–Crippen LogP) is 2.58. The molecule has 1 aromatic rings. The van der Waals surface area contributed by atoms with E-state index >= 15 is 0 Å². The molecular weight excluding hydrogens is 226 g/mol. The Hall–Kier alpha value is -0.870. The molecule has 0 aliphatic rings. The van der Waals surface area contributed by atoms with Gasteiger partial charge in [-0.05, 0) is 33.1 Å². The molecule has 1 aromatic heterocycles. The summed E-state index contributed by atoms with van der Waals surface area (Å²) in [7, 11) is 0. The van der Waals surface area contributed by atoms with Crippen LogP contribution in [0.3, 0.4) is 0 Å². The molecule has 0 aromatic carbocycles. The van der Waals surface area contributed by atoms with E-state index in [0.717, 1.165) is 36.5 Å². The summed E-state index contributed by atoms with van der Waals surface area (Å²) in [5.41, 5.74) is 9.31. The van der Waals surface area contributed by atoms with Crippen LogP contribution in [-0.4, -0.2) is 23.0 Å². The Morgan fingerprint density at radius 3 is 2.39 bits per heavy atom. The van der Waals surface area contributed by atoms with Gasteiger partial charge >= 0.3 is 0 Å². The maximum absolute atomic E-state index is 5.95. The van der Waals surface area contributed by atoms with Crippen LogP contribution in [0.4, 0.5) is 0 Å². The number of ether oxygens (including phenoxy) is 1. The quantitative estimate of drug-likeness (QED) is 0.760. The highest BCUT2D eigenvalue weighted by atomic mass is 16.5. The van der Waals surface area contributed by atoms with E-state index in [1.807, 2.05) is 18.5 Å². The highest BCUT2D eigenvalue weighted by Gasteiger charge is 2.14. The van der Waals surface area contributed by atoms with Crippen LogP contribution in [0.5, 0.6) is 0 Å². The lowest BCUT2D eigenvalue weighted by Crippen LogP contribution is -2.12. The van der Waals surface area contributed by atoms with Gasteiger partial charge in [-0.25, -0.2) is 0 Å². The van der Waals surface area contributed by atoms with Crippen LogP contribution in [0.15, 0.2) is 0 Å². The molecule has 0 saturated heterocycles. The first kappa shape index (κ1) is 15.2. The van der Waals surface area contributed by atoms with Crippen molar-refractivity contribution in [3.05, 3.63) is 17.0 Å². The van der Waals surface area contributed by atoms with Crippen molar-refractivity contribution in [3.8, 4) is 0 Å². The van der Waals surface area contributed by atoms with Gasteiger partial charge in [-0.2, -0.15) is 5.10 Å². The number of hydrogen-bond acceptors (Lipinski definition) is 3. The molecule has 0 amide bonds. The fraction of sp³-hybridized carbons (Fsp3) is 0.786. The normalized spacial score (nSPS) is 13.3. The number of aryl methyl sites for hydroxylation is 1. The van der Waals surface area contributed by atoms with Gasteiger partial charge in [-0.15, -0.1) is 0 Å². The van der Waals surface area contributed by atoms with Gasteiger partial charge in [0.2, 0.25) is 0 Å². The first-order valence-corrected chi connectivity index (χ1v) is 6.80. The summed E-state index contributed by atoms with van der Waals surface area (Å²) in [6.45, 7) is 12.9. The number of nitrogens with zero attached hydrogens (tertiary/aromatic N) is 2.